The Morgan fingerprint density at radius 2 is 1.00 bits per heavy atom. The number of benzene rings is 5. The Balaban J connectivity index is 1.37. The molecule has 0 aliphatic heterocycles. The third-order valence-corrected chi connectivity index (χ3v) is 9.65. The van der Waals surface area contributed by atoms with Gasteiger partial charge >= 0.3 is 7.60 Å². The van der Waals surface area contributed by atoms with Crippen LogP contribution in [0.5, 0.6) is 23.0 Å². The van der Waals surface area contributed by atoms with Gasteiger partial charge in [-0.25, -0.2) is 4.57 Å². The Morgan fingerprint density at radius 1 is 0.511 bits per heavy atom. The summed E-state index contributed by atoms with van der Waals surface area (Å²) >= 11 is 0. The van der Waals surface area contributed by atoms with Crippen LogP contribution in [-0.4, -0.2) is 4.40 Å². The smallest absolute Gasteiger partial charge is 0.442 e. The molecular formula is C39H30NO4P. The lowest BCUT2D eigenvalue weighted by atomic mass is 10.0. The molecule has 0 spiro atoms. The highest BCUT2D eigenvalue weighted by molar-refractivity contribution is 7.55. The lowest BCUT2D eigenvalue weighted by Crippen LogP contribution is -2.12. The van der Waals surface area contributed by atoms with Crippen LogP contribution in [-0.2, 0) is 4.57 Å². The third-order valence-electron chi connectivity index (χ3n) is 7.51. The van der Waals surface area contributed by atoms with E-state index in [-0.39, 0.29) is 0 Å². The molecule has 2 aromatic heterocycles. The first-order chi connectivity index (χ1) is 22.2. The predicted octanol–water partition coefficient (Wildman–Crippen LogP) is 10.8. The number of hydrogen-bond donors (Lipinski definition) is 0. The van der Waals surface area contributed by atoms with E-state index >= 15 is 4.57 Å². The second-order valence-electron chi connectivity index (χ2n) is 10.5. The summed E-state index contributed by atoms with van der Waals surface area (Å²) in [4.78, 5) is 0. The van der Waals surface area contributed by atoms with Crippen molar-refractivity contribution in [1.29, 1.82) is 0 Å². The summed E-state index contributed by atoms with van der Waals surface area (Å²) in [7, 11) is -3.98. The molecule has 0 aliphatic carbocycles. The molecule has 220 valence electrons. The van der Waals surface area contributed by atoms with E-state index in [0.29, 0.717) is 11.5 Å². The molecule has 5 aromatic carbocycles. The molecule has 7 aromatic rings. The highest BCUT2D eigenvalue weighted by atomic mass is 31.2. The fourth-order valence-corrected chi connectivity index (χ4v) is 7.65. The molecule has 1 atom stereocenters. The summed E-state index contributed by atoms with van der Waals surface area (Å²) in [6.07, 6.45) is 2.02. The number of hydrogen-bond acceptors (Lipinski definition) is 4. The van der Waals surface area contributed by atoms with Crippen molar-refractivity contribution in [3.05, 3.63) is 187 Å². The van der Waals surface area contributed by atoms with Crippen LogP contribution in [0.3, 0.4) is 0 Å². The van der Waals surface area contributed by atoms with Crippen molar-refractivity contribution in [3.8, 4) is 34.3 Å². The zero-order chi connectivity index (χ0) is 30.5. The van der Waals surface area contributed by atoms with Crippen LogP contribution >= 0.6 is 7.60 Å². The summed E-state index contributed by atoms with van der Waals surface area (Å²) in [6, 6.07) is 54.0. The Labute approximate surface area is 262 Å². The topological polar surface area (TPSA) is 49.2 Å². The molecule has 0 radical (unpaired) electrons. The number of aromatic nitrogens is 1. The monoisotopic (exact) mass is 607 g/mol. The van der Waals surface area contributed by atoms with E-state index in [1.54, 1.807) is 24.3 Å². The van der Waals surface area contributed by atoms with Crippen molar-refractivity contribution >= 4 is 13.1 Å². The van der Waals surface area contributed by atoms with Gasteiger partial charge in [-0.05, 0) is 90.0 Å². The van der Waals surface area contributed by atoms with E-state index in [1.807, 2.05) is 146 Å². The van der Waals surface area contributed by atoms with E-state index in [1.165, 1.54) is 0 Å². The standard InChI is InChI=1S/C39H30NO4P/c41-45(43-34-19-9-3-10-20-34,44-35-21-11-4-12-22-35)39(31-15-5-1-6-16-31)36-29-38(40-28-14-13-23-37(36)40)30-24-26-33(27-25-30)42-32-17-7-2-8-18-32/h1-29,39H. The number of fused-ring (bicyclic) bond motifs is 1. The molecule has 1 unspecified atom stereocenters. The SMILES string of the molecule is O=P(Oc1ccccc1)(Oc1ccccc1)C(c1ccccc1)c1cc(-c2ccc(Oc3ccccc3)cc2)n2ccccc12. The van der Waals surface area contributed by atoms with Crippen molar-refractivity contribution < 1.29 is 18.3 Å². The molecule has 5 nitrogen and oxygen atoms in total. The second kappa shape index (κ2) is 12.6. The maximum absolute atomic E-state index is 15.4. The molecular weight excluding hydrogens is 577 g/mol. The highest BCUT2D eigenvalue weighted by Crippen LogP contribution is 2.63. The summed E-state index contributed by atoms with van der Waals surface area (Å²) in [6.45, 7) is 0. The molecule has 0 aliphatic rings. The van der Waals surface area contributed by atoms with Crippen molar-refractivity contribution in [3.63, 3.8) is 0 Å². The molecule has 0 saturated heterocycles. The zero-order valence-corrected chi connectivity index (χ0v) is 25.2. The molecule has 0 amide bonds. The zero-order valence-electron chi connectivity index (χ0n) is 24.3. The quantitative estimate of drug-likeness (QED) is 0.145. The van der Waals surface area contributed by atoms with E-state index in [9.17, 15) is 0 Å². The van der Waals surface area contributed by atoms with E-state index in [4.69, 9.17) is 13.8 Å². The van der Waals surface area contributed by atoms with Crippen molar-refractivity contribution in [2.75, 3.05) is 0 Å². The van der Waals surface area contributed by atoms with Crippen molar-refractivity contribution in [2.45, 2.75) is 5.66 Å². The molecule has 7 rings (SSSR count). The Hall–Kier alpha value is -5.51. The molecule has 0 bridgehead atoms. The van der Waals surface area contributed by atoms with Gasteiger partial charge in [-0.2, -0.15) is 0 Å². The van der Waals surface area contributed by atoms with Gasteiger partial charge in [-0.15, -0.1) is 0 Å². The molecule has 45 heavy (non-hydrogen) atoms. The predicted molar refractivity (Wildman–Crippen MR) is 179 cm³/mol. The van der Waals surface area contributed by atoms with Gasteiger partial charge in [0.1, 0.15) is 28.7 Å². The lowest BCUT2D eigenvalue weighted by molar-refractivity contribution is 0.378. The largest absolute Gasteiger partial charge is 0.457 e. The highest BCUT2D eigenvalue weighted by Gasteiger charge is 2.43. The van der Waals surface area contributed by atoms with Gasteiger partial charge in [0.2, 0.25) is 0 Å². The van der Waals surface area contributed by atoms with Gasteiger partial charge in [-0.3, -0.25) is 0 Å². The minimum Gasteiger partial charge on any atom is -0.457 e. The first kappa shape index (κ1) is 28.3. The van der Waals surface area contributed by atoms with Crippen LogP contribution < -0.4 is 13.8 Å². The van der Waals surface area contributed by atoms with E-state index < -0.39 is 13.3 Å². The van der Waals surface area contributed by atoms with Crippen LogP contribution in [0, 0.1) is 0 Å². The minimum atomic E-state index is -3.98. The number of nitrogens with zero attached hydrogens (tertiary/aromatic N) is 1. The summed E-state index contributed by atoms with van der Waals surface area (Å²) in [5.74, 6) is 2.45. The fraction of sp³-hybridized carbons (Fsp3) is 0.0256. The van der Waals surface area contributed by atoms with Gasteiger partial charge in [0.15, 0.2) is 0 Å². The first-order valence-electron chi connectivity index (χ1n) is 14.7. The van der Waals surface area contributed by atoms with Crippen LogP contribution in [0.4, 0.5) is 0 Å². The maximum atomic E-state index is 15.4. The number of para-hydroxylation sites is 3. The molecule has 0 saturated carbocycles. The summed E-state index contributed by atoms with van der Waals surface area (Å²) in [5, 5.41) is 0. The van der Waals surface area contributed by atoms with Gasteiger partial charge in [-0.1, -0.05) is 91.0 Å². The van der Waals surface area contributed by atoms with Gasteiger partial charge in [0.05, 0.1) is 11.2 Å². The Bertz CT molecular complexity index is 2000. The number of pyridine rings is 1. The third kappa shape index (κ3) is 6.12. The van der Waals surface area contributed by atoms with Crippen LogP contribution in [0.15, 0.2) is 176 Å². The van der Waals surface area contributed by atoms with Gasteiger partial charge < -0.3 is 18.2 Å². The van der Waals surface area contributed by atoms with Gasteiger partial charge in [0, 0.05) is 11.8 Å². The number of ether oxygens (including phenoxy) is 1. The summed E-state index contributed by atoms with van der Waals surface area (Å²) < 4.78 is 36.4. The van der Waals surface area contributed by atoms with Crippen molar-refractivity contribution in [1.82, 2.24) is 4.40 Å². The van der Waals surface area contributed by atoms with Crippen molar-refractivity contribution in [2.24, 2.45) is 0 Å². The lowest BCUT2D eigenvalue weighted by Gasteiger charge is -2.28. The average Bonchev–Trinajstić information content (AvgIpc) is 3.46. The fourth-order valence-electron chi connectivity index (χ4n) is 5.49. The molecule has 2 heterocycles. The van der Waals surface area contributed by atoms with Crippen LogP contribution in [0.2, 0.25) is 0 Å². The van der Waals surface area contributed by atoms with Gasteiger partial charge in [0.25, 0.3) is 0 Å². The Morgan fingerprint density at radius 3 is 1.58 bits per heavy atom. The summed E-state index contributed by atoms with van der Waals surface area (Å²) in [5.41, 5.74) is 3.74. The second-order valence-corrected chi connectivity index (χ2v) is 12.5. The maximum Gasteiger partial charge on any atom is 0.442 e. The van der Waals surface area contributed by atoms with E-state index in [2.05, 4.69) is 10.5 Å². The molecule has 6 heteroatoms. The Kier molecular flexibility index (Phi) is 7.92. The minimum absolute atomic E-state index is 0.468. The number of rotatable bonds is 10. The normalized spacial score (nSPS) is 12.0. The molecule has 0 N–H and O–H groups in total. The van der Waals surface area contributed by atoms with Crippen LogP contribution in [0.1, 0.15) is 16.8 Å². The molecule has 0 fully saturated rings. The van der Waals surface area contributed by atoms with Crippen LogP contribution in [0.25, 0.3) is 16.8 Å². The van der Waals surface area contributed by atoms with E-state index in [0.717, 1.165) is 39.4 Å². The average molecular weight is 608 g/mol. The first-order valence-corrected chi connectivity index (χ1v) is 16.3.